The minimum Gasteiger partial charge on any atom is -0.361 e. The quantitative estimate of drug-likeness (QED) is 0.200. The van der Waals surface area contributed by atoms with Gasteiger partial charge in [-0.1, -0.05) is 60.7 Å². The van der Waals surface area contributed by atoms with Gasteiger partial charge in [-0.05, 0) is 72.5 Å². The summed E-state index contributed by atoms with van der Waals surface area (Å²) in [7, 11) is 0. The van der Waals surface area contributed by atoms with Crippen molar-refractivity contribution in [2.45, 2.75) is 39.0 Å². The second-order valence-corrected chi connectivity index (χ2v) is 10.7. The van der Waals surface area contributed by atoms with E-state index in [0.717, 1.165) is 39.4 Å². The number of amides is 2. The number of para-hydroxylation sites is 1. The van der Waals surface area contributed by atoms with Crippen molar-refractivity contribution in [3.8, 4) is 0 Å². The van der Waals surface area contributed by atoms with Crippen LogP contribution in [0.2, 0.25) is 0 Å². The van der Waals surface area contributed by atoms with Crippen LogP contribution in [0.15, 0.2) is 97.2 Å². The molecule has 5 rings (SSSR count). The van der Waals surface area contributed by atoms with Gasteiger partial charge in [-0.3, -0.25) is 9.59 Å². The summed E-state index contributed by atoms with van der Waals surface area (Å²) in [5, 5.41) is 3.00. The molecule has 0 bridgehead atoms. The number of alkyl halides is 3. The largest absolute Gasteiger partial charge is 0.416 e. The molecule has 216 valence electrons. The molecule has 0 saturated carbocycles. The molecule has 0 spiro atoms. The summed E-state index contributed by atoms with van der Waals surface area (Å²) in [4.78, 5) is 33.8. The predicted molar refractivity (Wildman–Crippen MR) is 159 cm³/mol. The van der Waals surface area contributed by atoms with Crippen LogP contribution < -0.4 is 0 Å². The molecular weight excluding hydrogens is 539 g/mol. The Kier molecular flexibility index (Phi) is 8.34. The van der Waals surface area contributed by atoms with Crippen LogP contribution in [0.4, 0.5) is 13.2 Å². The number of carbonyl (C=O) groups is 2. The highest BCUT2D eigenvalue weighted by molar-refractivity contribution is 6.00. The fraction of sp³-hybridized carbons (Fsp3) is 0.235. The van der Waals surface area contributed by atoms with Gasteiger partial charge in [-0.15, -0.1) is 0 Å². The first-order valence-corrected chi connectivity index (χ1v) is 13.9. The van der Waals surface area contributed by atoms with Crippen molar-refractivity contribution >= 4 is 33.5 Å². The zero-order valence-corrected chi connectivity index (χ0v) is 23.5. The van der Waals surface area contributed by atoms with Gasteiger partial charge in [0.05, 0.1) is 5.56 Å². The van der Waals surface area contributed by atoms with E-state index in [-0.39, 0.29) is 30.9 Å². The molecule has 0 aliphatic heterocycles. The number of rotatable bonds is 9. The summed E-state index contributed by atoms with van der Waals surface area (Å²) in [6.45, 7) is 4.02. The third kappa shape index (κ3) is 6.48. The minimum absolute atomic E-state index is 0.120. The molecule has 1 heterocycles. The van der Waals surface area contributed by atoms with Crippen LogP contribution in [0.1, 0.15) is 40.9 Å². The van der Waals surface area contributed by atoms with Crippen molar-refractivity contribution in [1.82, 2.24) is 14.8 Å². The lowest BCUT2D eigenvalue weighted by atomic mass is 10.1. The average molecular weight is 572 g/mol. The lowest BCUT2D eigenvalue weighted by Crippen LogP contribution is -2.46. The molecule has 4 aromatic carbocycles. The molecule has 1 N–H and O–H groups in total. The number of fused-ring (bicyclic) bond motifs is 2. The van der Waals surface area contributed by atoms with Crippen LogP contribution in [0, 0.1) is 0 Å². The van der Waals surface area contributed by atoms with Gasteiger partial charge >= 0.3 is 6.18 Å². The van der Waals surface area contributed by atoms with E-state index < -0.39 is 11.7 Å². The number of nitrogens with zero attached hydrogens (tertiary/aromatic N) is 2. The molecule has 0 unspecified atom stereocenters. The topological polar surface area (TPSA) is 56.4 Å². The summed E-state index contributed by atoms with van der Waals surface area (Å²) < 4.78 is 39.4. The predicted octanol–water partition coefficient (Wildman–Crippen LogP) is 7.46. The Labute approximate surface area is 242 Å². The number of aromatic amines is 1. The number of benzene rings is 4. The maximum Gasteiger partial charge on any atom is 0.416 e. The number of carbonyl (C=O) groups excluding carboxylic acids is 2. The first-order valence-electron chi connectivity index (χ1n) is 13.9. The Morgan fingerprint density at radius 1 is 0.857 bits per heavy atom. The van der Waals surface area contributed by atoms with E-state index in [2.05, 4.69) is 4.98 Å². The Hall–Kier alpha value is -4.59. The number of nitrogens with one attached hydrogen (secondary N) is 1. The number of hydrogen-bond acceptors (Lipinski definition) is 2. The van der Waals surface area contributed by atoms with Crippen LogP contribution in [0.5, 0.6) is 0 Å². The first-order chi connectivity index (χ1) is 20.1. The van der Waals surface area contributed by atoms with Crippen molar-refractivity contribution < 1.29 is 22.8 Å². The smallest absolute Gasteiger partial charge is 0.361 e. The fourth-order valence-corrected chi connectivity index (χ4v) is 5.13. The molecule has 0 aliphatic carbocycles. The number of halogens is 3. The zero-order valence-electron chi connectivity index (χ0n) is 23.5. The van der Waals surface area contributed by atoms with Gasteiger partial charge in [0.15, 0.2) is 0 Å². The molecule has 5 nitrogen and oxygen atoms in total. The normalized spacial score (nSPS) is 11.8. The van der Waals surface area contributed by atoms with Crippen molar-refractivity contribution in [1.29, 1.82) is 0 Å². The molecule has 8 heteroatoms. The van der Waals surface area contributed by atoms with Crippen LogP contribution in [0.25, 0.3) is 21.7 Å². The molecule has 2 amide bonds. The molecule has 0 radical (unpaired) electrons. The van der Waals surface area contributed by atoms with Crippen molar-refractivity contribution in [3.63, 3.8) is 0 Å². The van der Waals surface area contributed by atoms with E-state index in [9.17, 15) is 22.8 Å². The number of aromatic nitrogens is 1. The lowest BCUT2D eigenvalue weighted by Gasteiger charge is -2.30. The SMILES string of the molecule is CC(C)N(CC(=O)N(CCc1c[nH]c2ccccc12)Cc1ccc(C(F)(F)F)cc1)C(=O)c1ccc2ccccc2c1. The molecule has 0 fully saturated rings. The van der Waals surface area contributed by atoms with Gasteiger partial charge in [-0.2, -0.15) is 13.2 Å². The standard InChI is InChI=1S/C34H32F3N3O2/c1-23(2)40(33(42)27-14-13-25-7-3-4-8-26(25)19-27)22-32(41)39(21-24-11-15-29(16-12-24)34(35,36)37)18-17-28-20-38-31-10-6-5-9-30(28)31/h3-16,19-20,23,38H,17-18,21-22H2,1-2H3. The fourth-order valence-electron chi connectivity index (χ4n) is 5.13. The van der Waals surface area contributed by atoms with E-state index in [0.29, 0.717) is 24.1 Å². The second kappa shape index (κ2) is 12.1. The molecule has 0 saturated heterocycles. The van der Waals surface area contributed by atoms with Crippen molar-refractivity contribution in [2.24, 2.45) is 0 Å². The second-order valence-electron chi connectivity index (χ2n) is 10.7. The molecule has 5 aromatic rings. The van der Waals surface area contributed by atoms with Crippen molar-refractivity contribution in [2.75, 3.05) is 13.1 Å². The average Bonchev–Trinajstić information content (AvgIpc) is 3.40. The van der Waals surface area contributed by atoms with E-state index in [1.165, 1.54) is 17.0 Å². The van der Waals surface area contributed by atoms with Gasteiger partial charge in [0.1, 0.15) is 6.54 Å². The third-order valence-electron chi connectivity index (χ3n) is 7.52. The summed E-state index contributed by atoms with van der Waals surface area (Å²) in [5.41, 5.74) is 2.34. The highest BCUT2D eigenvalue weighted by atomic mass is 19.4. The van der Waals surface area contributed by atoms with E-state index in [4.69, 9.17) is 0 Å². The number of H-pyrrole nitrogens is 1. The summed E-state index contributed by atoms with van der Waals surface area (Å²) in [6, 6.07) is 25.7. The van der Waals surface area contributed by atoms with Gasteiger partial charge < -0.3 is 14.8 Å². The molecule has 0 atom stereocenters. The van der Waals surface area contributed by atoms with Gasteiger partial charge in [0.25, 0.3) is 5.91 Å². The molecule has 1 aromatic heterocycles. The molecular formula is C34H32F3N3O2. The van der Waals surface area contributed by atoms with Crippen LogP contribution in [-0.2, 0) is 23.9 Å². The zero-order chi connectivity index (χ0) is 29.9. The number of hydrogen-bond donors (Lipinski definition) is 1. The van der Waals surface area contributed by atoms with Gasteiger partial charge in [-0.25, -0.2) is 0 Å². The van der Waals surface area contributed by atoms with E-state index >= 15 is 0 Å². The summed E-state index contributed by atoms with van der Waals surface area (Å²) in [6.07, 6.45) is -1.99. The minimum atomic E-state index is -4.44. The Balaban J connectivity index is 1.38. The Morgan fingerprint density at radius 2 is 1.55 bits per heavy atom. The maximum atomic E-state index is 13.8. The highest BCUT2D eigenvalue weighted by Gasteiger charge is 2.30. The summed E-state index contributed by atoms with van der Waals surface area (Å²) in [5.74, 6) is -0.534. The lowest BCUT2D eigenvalue weighted by molar-refractivity contribution is -0.137. The Morgan fingerprint density at radius 3 is 2.26 bits per heavy atom. The van der Waals surface area contributed by atoms with Crippen molar-refractivity contribution in [3.05, 3.63) is 119 Å². The maximum absolute atomic E-state index is 13.8. The van der Waals surface area contributed by atoms with Crippen LogP contribution in [0.3, 0.4) is 0 Å². The molecule has 42 heavy (non-hydrogen) atoms. The van der Waals surface area contributed by atoms with Gasteiger partial charge in [0, 0.05) is 41.8 Å². The summed E-state index contributed by atoms with van der Waals surface area (Å²) >= 11 is 0. The van der Waals surface area contributed by atoms with Crippen LogP contribution in [-0.4, -0.2) is 45.7 Å². The Bertz CT molecular complexity index is 1710. The highest BCUT2D eigenvalue weighted by Crippen LogP contribution is 2.29. The van der Waals surface area contributed by atoms with E-state index in [1.807, 2.05) is 80.7 Å². The van der Waals surface area contributed by atoms with Gasteiger partial charge in [0.2, 0.25) is 5.91 Å². The molecule has 0 aliphatic rings. The monoisotopic (exact) mass is 571 g/mol. The van der Waals surface area contributed by atoms with E-state index in [1.54, 1.807) is 11.0 Å². The third-order valence-corrected chi connectivity index (χ3v) is 7.52. The first kappa shape index (κ1) is 28.9. The van der Waals surface area contributed by atoms with Crippen LogP contribution >= 0.6 is 0 Å².